The van der Waals surface area contributed by atoms with Crippen molar-refractivity contribution in [1.29, 1.82) is 0 Å². The van der Waals surface area contributed by atoms with Crippen LogP contribution >= 0.6 is 11.3 Å². The number of aliphatic imine (C=N–C) groups is 1. The molecule has 1 aliphatic rings. The van der Waals surface area contributed by atoms with Crippen LogP contribution < -0.4 is 5.32 Å². The van der Waals surface area contributed by atoms with Crippen molar-refractivity contribution in [2.24, 2.45) is 4.99 Å². The quantitative estimate of drug-likeness (QED) is 0.202. The summed E-state index contributed by atoms with van der Waals surface area (Å²) >= 11 is 1.90. The van der Waals surface area contributed by atoms with Gasteiger partial charge in [0.25, 0.3) is 0 Å². The Bertz CT molecular complexity index is 3000. The number of hydrogen-bond acceptors (Lipinski definition) is 3. The fraction of sp³-hybridized carbons (Fsp3) is 0.0217. The first-order valence-electron chi connectivity index (χ1n) is 17.1. The van der Waals surface area contributed by atoms with Crippen LogP contribution in [0.4, 0.5) is 5.69 Å². The first kappa shape index (κ1) is 27.7. The van der Waals surface area contributed by atoms with Crippen LogP contribution in [0, 0.1) is 0 Å². The minimum atomic E-state index is -0.202. The van der Waals surface area contributed by atoms with Gasteiger partial charge >= 0.3 is 0 Å². The van der Waals surface area contributed by atoms with Gasteiger partial charge in [0.1, 0.15) is 6.17 Å². The predicted octanol–water partition coefficient (Wildman–Crippen LogP) is 12.4. The molecule has 0 spiro atoms. The van der Waals surface area contributed by atoms with E-state index in [1.165, 1.54) is 63.5 Å². The Kier molecular flexibility index (Phi) is 5.89. The third-order valence-corrected chi connectivity index (χ3v) is 11.6. The summed E-state index contributed by atoms with van der Waals surface area (Å²) in [5.74, 6) is 0. The van der Waals surface area contributed by atoms with Gasteiger partial charge in [0.15, 0.2) is 0 Å². The number of nitrogens with zero attached hydrogens (tertiary/aromatic N) is 2. The van der Waals surface area contributed by atoms with Crippen LogP contribution in [-0.4, -0.2) is 10.3 Å². The summed E-state index contributed by atoms with van der Waals surface area (Å²) in [6.45, 7) is 0. The number of fused-ring (bicyclic) bond motifs is 13. The van der Waals surface area contributed by atoms with Crippen molar-refractivity contribution < 1.29 is 0 Å². The Morgan fingerprint density at radius 1 is 0.520 bits per heavy atom. The molecule has 0 saturated carbocycles. The normalized spacial score (nSPS) is 14.5. The van der Waals surface area contributed by atoms with E-state index in [4.69, 9.17) is 4.99 Å². The van der Waals surface area contributed by atoms with Gasteiger partial charge in [-0.15, -0.1) is 11.3 Å². The van der Waals surface area contributed by atoms with Gasteiger partial charge < -0.3 is 9.88 Å². The molecule has 50 heavy (non-hydrogen) atoms. The van der Waals surface area contributed by atoms with E-state index in [1.54, 1.807) is 0 Å². The van der Waals surface area contributed by atoms with Crippen LogP contribution in [0.1, 0.15) is 22.9 Å². The van der Waals surface area contributed by atoms with Crippen molar-refractivity contribution >= 4 is 86.3 Å². The molecule has 0 saturated heterocycles. The van der Waals surface area contributed by atoms with Crippen molar-refractivity contribution in [3.05, 3.63) is 180 Å². The van der Waals surface area contributed by atoms with Gasteiger partial charge in [-0.2, -0.15) is 0 Å². The van der Waals surface area contributed by atoms with E-state index in [9.17, 15) is 0 Å². The van der Waals surface area contributed by atoms with Gasteiger partial charge in [0, 0.05) is 54.1 Å². The van der Waals surface area contributed by atoms with Crippen LogP contribution in [0.15, 0.2) is 169 Å². The van der Waals surface area contributed by atoms with Gasteiger partial charge in [0.2, 0.25) is 0 Å². The fourth-order valence-corrected chi connectivity index (χ4v) is 9.44. The number of hydrogen-bond donors (Lipinski definition) is 1. The molecule has 4 heteroatoms. The smallest absolute Gasteiger partial charge is 0.145 e. The lowest BCUT2D eigenvalue weighted by Crippen LogP contribution is -2.20. The molecule has 0 bridgehead atoms. The molecule has 1 unspecified atom stereocenters. The average Bonchev–Trinajstić information content (AvgIpc) is 3.75. The molecule has 8 aromatic carbocycles. The van der Waals surface area contributed by atoms with E-state index in [0.717, 1.165) is 33.8 Å². The van der Waals surface area contributed by atoms with Crippen molar-refractivity contribution in [2.45, 2.75) is 6.17 Å². The second-order valence-electron chi connectivity index (χ2n) is 13.1. The number of anilines is 1. The van der Waals surface area contributed by atoms with Crippen LogP contribution in [0.25, 0.3) is 69.2 Å². The van der Waals surface area contributed by atoms with E-state index in [-0.39, 0.29) is 6.17 Å². The summed E-state index contributed by atoms with van der Waals surface area (Å²) in [6.07, 6.45) is -0.202. The van der Waals surface area contributed by atoms with Gasteiger partial charge in [-0.1, -0.05) is 140 Å². The molecule has 2 aromatic heterocycles. The van der Waals surface area contributed by atoms with Gasteiger partial charge in [-0.25, -0.2) is 0 Å². The summed E-state index contributed by atoms with van der Waals surface area (Å²) in [4.78, 5) is 5.30. The summed E-state index contributed by atoms with van der Waals surface area (Å²) < 4.78 is 5.17. The van der Waals surface area contributed by atoms with Crippen LogP contribution in [0.5, 0.6) is 0 Å². The van der Waals surface area contributed by atoms with E-state index in [2.05, 4.69) is 174 Å². The first-order valence-corrected chi connectivity index (χ1v) is 17.9. The molecule has 0 fully saturated rings. The van der Waals surface area contributed by atoms with E-state index >= 15 is 0 Å². The van der Waals surface area contributed by atoms with Crippen molar-refractivity contribution in [1.82, 2.24) is 4.57 Å². The SMILES string of the molecule is c1ccc(C2=NC(c3ccc(-n4c5c6ccccc6ccc5c5c6ccccc6c6c7ccccc7sc6c54)cc3)Nc3ccccc32)cc1. The molecule has 0 aliphatic carbocycles. The van der Waals surface area contributed by atoms with Crippen LogP contribution in [-0.2, 0) is 0 Å². The van der Waals surface area contributed by atoms with Crippen LogP contribution in [0.3, 0.4) is 0 Å². The molecular weight excluding hydrogens is 627 g/mol. The van der Waals surface area contributed by atoms with E-state index < -0.39 is 0 Å². The van der Waals surface area contributed by atoms with Crippen LogP contribution in [0.2, 0.25) is 0 Å². The lowest BCUT2D eigenvalue weighted by molar-refractivity contribution is 0.827. The predicted molar refractivity (Wildman–Crippen MR) is 214 cm³/mol. The summed E-state index contributed by atoms with van der Waals surface area (Å²) in [7, 11) is 0. The first-order chi connectivity index (χ1) is 24.8. The Labute approximate surface area is 292 Å². The zero-order valence-electron chi connectivity index (χ0n) is 27.0. The second-order valence-corrected chi connectivity index (χ2v) is 14.2. The molecule has 11 rings (SSSR count). The molecule has 3 nitrogen and oxygen atoms in total. The monoisotopic (exact) mass is 655 g/mol. The molecule has 1 atom stereocenters. The summed E-state index contributed by atoms with van der Waals surface area (Å²) in [5.41, 5.74) is 9.15. The standard InChI is InChI=1S/C46H29N3S/c1-2-13-29(14-3-1)42-35-18-8-10-20-38(35)47-46(48-42)30-22-25-31(26-23-30)49-43-32-15-5-4-12-28(32)24-27-37(43)40-33-16-6-7-17-34(33)41-36-19-9-11-21-39(36)50-45(41)44(40)49/h1-27,46-47H. The molecule has 10 aromatic rings. The number of benzene rings is 8. The lowest BCUT2D eigenvalue weighted by atomic mass is 9.97. The second kappa shape index (κ2) is 10.6. The largest absolute Gasteiger partial charge is 0.360 e. The van der Waals surface area contributed by atoms with Gasteiger partial charge in [-0.05, 0) is 46.0 Å². The Morgan fingerprint density at radius 3 is 2.04 bits per heavy atom. The molecule has 0 radical (unpaired) electrons. The third kappa shape index (κ3) is 3.94. The maximum absolute atomic E-state index is 5.30. The topological polar surface area (TPSA) is 29.3 Å². The highest BCUT2D eigenvalue weighted by molar-refractivity contribution is 7.27. The van der Waals surface area contributed by atoms with Crippen molar-refractivity contribution in [3.63, 3.8) is 0 Å². The molecular formula is C46H29N3S. The minimum absolute atomic E-state index is 0.202. The zero-order valence-corrected chi connectivity index (χ0v) is 27.8. The number of thiophene rings is 1. The number of rotatable bonds is 3. The maximum atomic E-state index is 5.30. The Morgan fingerprint density at radius 2 is 1.20 bits per heavy atom. The lowest BCUT2D eigenvalue weighted by Gasteiger charge is -2.26. The molecule has 3 heterocycles. The Hall–Kier alpha value is -6.23. The summed E-state index contributed by atoms with van der Waals surface area (Å²) in [6, 6.07) is 59.3. The number of para-hydroxylation sites is 1. The van der Waals surface area contributed by atoms with Crippen molar-refractivity contribution in [2.75, 3.05) is 5.32 Å². The highest BCUT2D eigenvalue weighted by Gasteiger charge is 2.25. The highest BCUT2D eigenvalue weighted by Crippen LogP contribution is 2.49. The van der Waals surface area contributed by atoms with E-state index in [0.29, 0.717) is 0 Å². The van der Waals surface area contributed by atoms with Gasteiger partial charge in [0.05, 0.1) is 21.4 Å². The number of nitrogens with one attached hydrogen (secondary N) is 1. The van der Waals surface area contributed by atoms with E-state index in [1.807, 2.05) is 11.3 Å². The molecule has 1 aliphatic heterocycles. The zero-order chi connectivity index (χ0) is 32.8. The minimum Gasteiger partial charge on any atom is -0.360 e. The average molecular weight is 656 g/mol. The fourth-order valence-electron chi connectivity index (χ4n) is 8.18. The highest BCUT2D eigenvalue weighted by atomic mass is 32.1. The number of aromatic nitrogens is 1. The molecule has 0 amide bonds. The molecule has 1 N–H and O–H groups in total. The Balaban J connectivity index is 1.19. The maximum Gasteiger partial charge on any atom is 0.145 e. The molecule has 234 valence electrons. The van der Waals surface area contributed by atoms with Crippen molar-refractivity contribution in [3.8, 4) is 5.69 Å². The third-order valence-electron chi connectivity index (χ3n) is 10.4. The van der Waals surface area contributed by atoms with Gasteiger partial charge in [-0.3, -0.25) is 4.99 Å². The summed E-state index contributed by atoms with van der Waals surface area (Å²) in [5, 5.41) is 14.1.